The Kier molecular flexibility index (Phi) is 5.25. The SMILES string of the molecule is O=C(O)[C@H]1CCCN(C(=O)C2(c3ccc(Br)cc3)CCOCC2)C1. The van der Waals surface area contributed by atoms with Gasteiger partial charge in [0.1, 0.15) is 0 Å². The number of piperidine rings is 1. The number of ether oxygens (including phenoxy) is 1. The predicted octanol–water partition coefficient (Wildman–Crippen LogP) is 2.82. The number of rotatable bonds is 3. The van der Waals surface area contributed by atoms with Crippen LogP contribution in [0.4, 0.5) is 0 Å². The van der Waals surface area contributed by atoms with Crippen LogP contribution in [0, 0.1) is 5.92 Å². The molecule has 2 fully saturated rings. The molecule has 1 aromatic carbocycles. The first kappa shape index (κ1) is 17.4. The highest BCUT2D eigenvalue weighted by Gasteiger charge is 2.45. The predicted molar refractivity (Wildman–Crippen MR) is 92.8 cm³/mol. The van der Waals surface area contributed by atoms with Crippen molar-refractivity contribution >= 4 is 27.8 Å². The largest absolute Gasteiger partial charge is 0.481 e. The van der Waals surface area contributed by atoms with Crippen molar-refractivity contribution in [3.8, 4) is 0 Å². The lowest BCUT2D eigenvalue weighted by Gasteiger charge is -2.42. The molecular formula is C18H22BrNO4. The lowest BCUT2D eigenvalue weighted by molar-refractivity contribution is -0.149. The summed E-state index contributed by atoms with van der Waals surface area (Å²) in [5, 5.41) is 9.30. The number of benzene rings is 1. The van der Waals surface area contributed by atoms with Crippen LogP contribution < -0.4 is 0 Å². The van der Waals surface area contributed by atoms with Crippen LogP contribution in [-0.4, -0.2) is 48.2 Å². The van der Waals surface area contributed by atoms with E-state index in [4.69, 9.17) is 4.74 Å². The van der Waals surface area contributed by atoms with E-state index in [0.717, 1.165) is 16.5 Å². The fourth-order valence-electron chi connectivity index (χ4n) is 3.78. The molecule has 0 bridgehead atoms. The number of amides is 1. The number of nitrogens with zero attached hydrogens (tertiary/aromatic N) is 1. The molecule has 2 aliphatic rings. The Morgan fingerprint density at radius 2 is 1.88 bits per heavy atom. The summed E-state index contributed by atoms with van der Waals surface area (Å²) in [6.07, 6.45) is 2.67. The van der Waals surface area contributed by atoms with E-state index >= 15 is 0 Å². The Balaban J connectivity index is 1.89. The minimum atomic E-state index is -0.808. The van der Waals surface area contributed by atoms with Crippen LogP contribution in [0.2, 0.25) is 0 Å². The minimum absolute atomic E-state index is 0.0547. The number of carboxylic acids is 1. The molecule has 2 saturated heterocycles. The summed E-state index contributed by atoms with van der Waals surface area (Å²) in [5.41, 5.74) is 0.399. The van der Waals surface area contributed by atoms with Crippen LogP contribution >= 0.6 is 15.9 Å². The third kappa shape index (κ3) is 3.35. The fraction of sp³-hybridized carbons (Fsp3) is 0.556. The van der Waals surface area contributed by atoms with E-state index in [1.54, 1.807) is 4.90 Å². The summed E-state index contributed by atoms with van der Waals surface area (Å²) in [7, 11) is 0. The normalized spacial score (nSPS) is 23.7. The summed E-state index contributed by atoms with van der Waals surface area (Å²) in [6.45, 7) is 2.06. The maximum atomic E-state index is 13.4. The van der Waals surface area contributed by atoms with Gasteiger partial charge in [0.15, 0.2) is 0 Å². The zero-order valence-corrected chi connectivity index (χ0v) is 15.1. The lowest BCUT2D eigenvalue weighted by Crippen LogP contribution is -2.53. The number of carbonyl (C=O) groups excluding carboxylic acids is 1. The van der Waals surface area contributed by atoms with E-state index in [9.17, 15) is 14.7 Å². The summed E-state index contributed by atoms with van der Waals surface area (Å²) in [6, 6.07) is 7.89. The topological polar surface area (TPSA) is 66.8 Å². The summed E-state index contributed by atoms with van der Waals surface area (Å²) >= 11 is 3.44. The molecule has 6 heteroatoms. The first-order chi connectivity index (χ1) is 11.5. The Labute approximate surface area is 150 Å². The second-order valence-electron chi connectivity index (χ2n) is 6.63. The van der Waals surface area contributed by atoms with Gasteiger partial charge in [0, 0.05) is 30.8 Å². The van der Waals surface area contributed by atoms with Crippen LogP contribution in [0.15, 0.2) is 28.7 Å². The molecule has 0 spiro atoms. The van der Waals surface area contributed by atoms with Gasteiger partial charge in [-0.05, 0) is 43.4 Å². The molecule has 1 atom stereocenters. The first-order valence-electron chi connectivity index (χ1n) is 8.39. The molecule has 0 aromatic heterocycles. The molecule has 5 nitrogen and oxygen atoms in total. The van der Waals surface area contributed by atoms with Crippen molar-refractivity contribution in [3.05, 3.63) is 34.3 Å². The number of carbonyl (C=O) groups is 2. The van der Waals surface area contributed by atoms with E-state index in [1.165, 1.54) is 0 Å². The van der Waals surface area contributed by atoms with Gasteiger partial charge >= 0.3 is 5.97 Å². The van der Waals surface area contributed by atoms with Crippen LogP contribution in [0.5, 0.6) is 0 Å². The monoisotopic (exact) mass is 395 g/mol. The van der Waals surface area contributed by atoms with E-state index < -0.39 is 17.3 Å². The summed E-state index contributed by atoms with van der Waals surface area (Å²) in [4.78, 5) is 26.5. The number of hydrogen-bond acceptors (Lipinski definition) is 3. The molecule has 0 aliphatic carbocycles. The summed E-state index contributed by atoms with van der Waals surface area (Å²) in [5.74, 6) is -1.21. The van der Waals surface area contributed by atoms with Crippen molar-refractivity contribution in [2.75, 3.05) is 26.3 Å². The van der Waals surface area contributed by atoms with Gasteiger partial charge in [-0.25, -0.2) is 0 Å². The van der Waals surface area contributed by atoms with Crippen LogP contribution in [0.25, 0.3) is 0 Å². The van der Waals surface area contributed by atoms with Crippen molar-refractivity contribution < 1.29 is 19.4 Å². The quantitative estimate of drug-likeness (QED) is 0.854. The van der Waals surface area contributed by atoms with Gasteiger partial charge < -0.3 is 14.7 Å². The van der Waals surface area contributed by atoms with E-state index in [-0.39, 0.29) is 5.91 Å². The van der Waals surface area contributed by atoms with Crippen LogP contribution in [-0.2, 0) is 19.7 Å². The number of hydrogen-bond donors (Lipinski definition) is 1. The van der Waals surface area contributed by atoms with Crippen molar-refractivity contribution in [2.45, 2.75) is 31.1 Å². The van der Waals surface area contributed by atoms with Crippen molar-refractivity contribution in [1.29, 1.82) is 0 Å². The average Bonchev–Trinajstić information content (AvgIpc) is 2.62. The molecule has 3 rings (SSSR count). The fourth-order valence-corrected chi connectivity index (χ4v) is 4.04. The van der Waals surface area contributed by atoms with Crippen LogP contribution in [0.1, 0.15) is 31.2 Å². The number of aliphatic carboxylic acids is 1. The Bertz CT molecular complexity index is 610. The number of halogens is 1. The zero-order valence-electron chi connectivity index (χ0n) is 13.5. The zero-order chi connectivity index (χ0) is 17.2. The highest BCUT2D eigenvalue weighted by atomic mass is 79.9. The third-order valence-electron chi connectivity index (χ3n) is 5.21. The van der Waals surface area contributed by atoms with E-state index in [1.807, 2.05) is 24.3 Å². The molecule has 1 amide bonds. The second-order valence-corrected chi connectivity index (χ2v) is 7.55. The minimum Gasteiger partial charge on any atom is -0.481 e. The van der Waals surface area contributed by atoms with Gasteiger partial charge in [0.25, 0.3) is 0 Å². The first-order valence-corrected chi connectivity index (χ1v) is 9.18. The van der Waals surface area contributed by atoms with Gasteiger partial charge in [0.05, 0.1) is 11.3 Å². The maximum absolute atomic E-state index is 13.4. The molecule has 1 aromatic rings. The number of likely N-dealkylation sites (tertiary alicyclic amines) is 1. The Morgan fingerprint density at radius 3 is 2.50 bits per heavy atom. The Morgan fingerprint density at radius 1 is 1.21 bits per heavy atom. The molecule has 0 saturated carbocycles. The van der Waals surface area contributed by atoms with Crippen molar-refractivity contribution in [3.63, 3.8) is 0 Å². The van der Waals surface area contributed by atoms with Gasteiger partial charge in [-0.2, -0.15) is 0 Å². The van der Waals surface area contributed by atoms with Gasteiger partial charge in [0.2, 0.25) is 5.91 Å². The molecule has 1 N–H and O–H groups in total. The average molecular weight is 396 g/mol. The van der Waals surface area contributed by atoms with E-state index in [0.29, 0.717) is 45.6 Å². The van der Waals surface area contributed by atoms with Crippen molar-refractivity contribution in [2.24, 2.45) is 5.92 Å². The molecule has 0 unspecified atom stereocenters. The molecular weight excluding hydrogens is 374 g/mol. The lowest BCUT2D eigenvalue weighted by atomic mass is 9.72. The van der Waals surface area contributed by atoms with Crippen molar-refractivity contribution in [1.82, 2.24) is 4.90 Å². The molecule has 130 valence electrons. The molecule has 24 heavy (non-hydrogen) atoms. The molecule has 2 heterocycles. The Hall–Kier alpha value is -1.40. The van der Waals surface area contributed by atoms with E-state index in [2.05, 4.69) is 15.9 Å². The molecule has 0 radical (unpaired) electrons. The highest BCUT2D eigenvalue weighted by molar-refractivity contribution is 9.10. The second kappa shape index (κ2) is 7.23. The summed E-state index contributed by atoms with van der Waals surface area (Å²) < 4.78 is 6.47. The highest BCUT2D eigenvalue weighted by Crippen LogP contribution is 2.38. The smallest absolute Gasteiger partial charge is 0.308 e. The number of carboxylic acid groups (broad SMARTS) is 1. The molecule has 2 aliphatic heterocycles. The van der Waals surface area contributed by atoms with Gasteiger partial charge in [-0.15, -0.1) is 0 Å². The maximum Gasteiger partial charge on any atom is 0.308 e. The standard InChI is InChI=1S/C18H22BrNO4/c19-15-5-3-14(4-6-15)18(7-10-24-11-8-18)17(23)20-9-1-2-13(12-20)16(21)22/h3-6,13H,1-2,7-12H2,(H,21,22)/t13-/m0/s1. The van der Waals surface area contributed by atoms with Gasteiger partial charge in [-0.1, -0.05) is 28.1 Å². The third-order valence-corrected chi connectivity index (χ3v) is 5.74. The van der Waals surface area contributed by atoms with Crippen LogP contribution in [0.3, 0.4) is 0 Å². The van der Waals surface area contributed by atoms with Gasteiger partial charge in [-0.3, -0.25) is 9.59 Å².